The highest BCUT2D eigenvalue weighted by atomic mass is 32.1. The van der Waals surface area contributed by atoms with Crippen LogP contribution in [0.1, 0.15) is 55.6 Å². The lowest BCUT2D eigenvalue weighted by Crippen LogP contribution is -2.38. The number of amides is 1. The van der Waals surface area contributed by atoms with Gasteiger partial charge in [0, 0.05) is 24.4 Å². The number of carbonyl (C=O) groups excluding carboxylic acids is 1. The van der Waals surface area contributed by atoms with Gasteiger partial charge in [-0.2, -0.15) is 0 Å². The minimum Gasteiger partial charge on any atom is -0.487 e. The molecule has 1 amide bonds. The Labute approximate surface area is 192 Å². The summed E-state index contributed by atoms with van der Waals surface area (Å²) in [5, 5.41) is 9.75. The number of benzene rings is 1. The highest BCUT2D eigenvalue weighted by Crippen LogP contribution is 2.31. The summed E-state index contributed by atoms with van der Waals surface area (Å²) in [6.45, 7) is 4.48. The van der Waals surface area contributed by atoms with Crippen LogP contribution < -0.4 is 10.6 Å². The van der Waals surface area contributed by atoms with Gasteiger partial charge in [0.2, 0.25) is 0 Å². The number of nitrogens with two attached hydrogens (primary N) is 1. The van der Waals surface area contributed by atoms with Crippen LogP contribution >= 0.6 is 11.3 Å². The van der Waals surface area contributed by atoms with Crippen LogP contribution in [0.5, 0.6) is 5.75 Å². The predicted octanol–water partition coefficient (Wildman–Crippen LogP) is 5.21. The lowest BCUT2D eigenvalue weighted by Gasteiger charge is -2.30. The Morgan fingerprint density at radius 3 is 2.78 bits per heavy atom. The number of carbonyl (C=O) groups is 1. The zero-order valence-electron chi connectivity index (χ0n) is 18.4. The summed E-state index contributed by atoms with van der Waals surface area (Å²) in [7, 11) is 0. The van der Waals surface area contributed by atoms with Gasteiger partial charge in [-0.15, -0.1) is 16.5 Å². The molecule has 0 bridgehead atoms. The maximum atomic E-state index is 12.2. The molecule has 1 aromatic carbocycles. The molecule has 2 aromatic rings. The SMILES string of the molecule is CCCCCOC(=O)N1CCC(c2nc(COc3ccc(N=CN=NN)cc3)cs2)CC1. The lowest BCUT2D eigenvalue weighted by atomic mass is 9.98. The Morgan fingerprint density at radius 2 is 2.06 bits per heavy atom. The lowest BCUT2D eigenvalue weighted by molar-refractivity contribution is 0.0912. The number of thiazole rings is 1. The fourth-order valence-corrected chi connectivity index (χ4v) is 4.37. The van der Waals surface area contributed by atoms with Crippen LogP contribution in [0, 0.1) is 0 Å². The average Bonchev–Trinajstić information content (AvgIpc) is 3.31. The largest absolute Gasteiger partial charge is 0.487 e. The van der Waals surface area contributed by atoms with Crippen LogP contribution in [0.4, 0.5) is 10.5 Å². The molecular formula is C22H30N6O3S. The maximum Gasteiger partial charge on any atom is 0.409 e. The molecule has 2 heterocycles. The number of rotatable bonds is 10. The van der Waals surface area contributed by atoms with E-state index in [1.807, 2.05) is 34.5 Å². The number of aromatic nitrogens is 1. The van der Waals surface area contributed by atoms with Crippen molar-refractivity contribution in [1.29, 1.82) is 0 Å². The monoisotopic (exact) mass is 458 g/mol. The van der Waals surface area contributed by atoms with E-state index in [-0.39, 0.29) is 6.09 Å². The first-order chi connectivity index (χ1) is 15.7. The highest BCUT2D eigenvalue weighted by Gasteiger charge is 2.26. The predicted molar refractivity (Wildman–Crippen MR) is 125 cm³/mol. The van der Waals surface area contributed by atoms with Crippen LogP contribution in [0.25, 0.3) is 0 Å². The number of likely N-dealkylation sites (tertiary alicyclic amines) is 1. The van der Waals surface area contributed by atoms with Crippen molar-refractivity contribution in [3.63, 3.8) is 0 Å². The first kappa shape index (κ1) is 23.6. The van der Waals surface area contributed by atoms with Crippen LogP contribution in [-0.4, -0.2) is 42.0 Å². The number of ether oxygens (including phenoxy) is 2. The van der Waals surface area contributed by atoms with E-state index in [4.69, 9.17) is 20.3 Å². The normalized spacial score (nSPS) is 15.0. The highest BCUT2D eigenvalue weighted by molar-refractivity contribution is 7.09. The fraction of sp³-hybridized carbons (Fsp3) is 0.500. The first-order valence-electron chi connectivity index (χ1n) is 10.9. The van der Waals surface area contributed by atoms with Crippen molar-refractivity contribution in [1.82, 2.24) is 9.88 Å². The summed E-state index contributed by atoms with van der Waals surface area (Å²) < 4.78 is 11.2. The summed E-state index contributed by atoms with van der Waals surface area (Å²) in [5.74, 6) is 6.04. The Kier molecular flexibility index (Phi) is 9.42. The molecule has 32 heavy (non-hydrogen) atoms. The third-order valence-electron chi connectivity index (χ3n) is 5.19. The summed E-state index contributed by atoms with van der Waals surface area (Å²) in [6.07, 6.45) is 6.06. The molecule has 3 rings (SSSR count). The molecule has 1 fully saturated rings. The van der Waals surface area contributed by atoms with E-state index in [0.717, 1.165) is 54.2 Å². The molecule has 2 N–H and O–H groups in total. The van der Waals surface area contributed by atoms with Crippen molar-refractivity contribution in [2.24, 2.45) is 21.2 Å². The van der Waals surface area contributed by atoms with Gasteiger partial charge in [-0.05, 0) is 43.5 Å². The number of aliphatic imine (C=N–C) groups is 1. The summed E-state index contributed by atoms with van der Waals surface area (Å²) >= 11 is 1.66. The molecule has 172 valence electrons. The van der Waals surface area contributed by atoms with Crippen molar-refractivity contribution in [3.05, 3.63) is 40.3 Å². The number of hydrogen-bond donors (Lipinski definition) is 1. The van der Waals surface area contributed by atoms with Crippen LogP contribution in [0.3, 0.4) is 0 Å². The van der Waals surface area contributed by atoms with Crippen molar-refractivity contribution < 1.29 is 14.3 Å². The summed E-state index contributed by atoms with van der Waals surface area (Å²) in [5.41, 5.74) is 1.64. The van der Waals surface area contributed by atoms with E-state index < -0.39 is 0 Å². The van der Waals surface area contributed by atoms with Gasteiger partial charge in [0.05, 0.1) is 23.0 Å². The number of unbranched alkanes of at least 4 members (excludes halogenated alkanes) is 2. The molecular weight excluding hydrogens is 428 g/mol. The van der Waals surface area contributed by atoms with Gasteiger partial charge in [0.25, 0.3) is 0 Å². The van der Waals surface area contributed by atoms with E-state index in [1.54, 1.807) is 11.3 Å². The zero-order chi connectivity index (χ0) is 22.6. The quantitative estimate of drug-likeness (QED) is 0.131. The minimum atomic E-state index is -0.187. The molecule has 1 aliphatic heterocycles. The van der Waals surface area contributed by atoms with Gasteiger partial charge in [-0.25, -0.2) is 14.8 Å². The second-order valence-corrected chi connectivity index (χ2v) is 8.41. The van der Waals surface area contributed by atoms with Gasteiger partial charge >= 0.3 is 6.09 Å². The van der Waals surface area contributed by atoms with Crippen molar-refractivity contribution in [3.8, 4) is 5.75 Å². The van der Waals surface area contributed by atoms with Gasteiger partial charge in [0.1, 0.15) is 18.7 Å². The maximum absolute atomic E-state index is 12.2. The topological polar surface area (TPSA) is 115 Å². The molecule has 1 aliphatic rings. The molecule has 0 spiro atoms. The average molecular weight is 459 g/mol. The summed E-state index contributed by atoms with van der Waals surface area (Å²) in [4.78, 5) is 22.8. The zero-order valence-corrected chi connectivity index (χ0v) is 19.2. The van der Waals surface area contributed by atoms with Gasteiger partial charge < -0.3 is 20.2 Å². The van der Waals surface area contributed by atoms with E-state index >= 15 is 0 Å². The number of nitrogens with zero attached hydrogens (tertiary/aromatic N) is 5. The standard InChI is InChI=1S/C22H30N6O3S/c1-2-3-4-13-30-22(29)28-11-9-17(10-12-28)21-26-19(15-32-21)14-31-20-7-5-18(6-8-20)24-16-25-27-23/h5-8,15-17H,2-4,9-14H2,1H3,(H2,23,24,25). The van der Waals surface area contributed by atoms with Crippen LogP contribution in [-0.2, 0) is 11.3 Å². The molecule has 0 aliphatic carbocycles. The first-order valence-corrected chi connectivity index (χ1v) is 11.8. The smallest absolute Gasteiger partial charge is 0.409 e. The molecule has 0 radical (unpaired) electrons. The number of piperidine rings is 1. The third-order valence-corrected chi connectivity index (χ3v) is 6.25. The Morgan fingerprint density at radius 1 is 1.28 bits per heavy atom. The molecule has 0 saturated carbocycles. The van der Waals surface area contributed by atoms with E-state index in [2.05, 4.69) is 22.3 Å². The Balaban J connectivity index is 1.42. The van der Waals surface area contributed by atoms with Crippen molar-refractivity contribution in [2.75, 3.05) is 19.7 Å². The summed E-state index contributed by atoms with van der Waals surface area (Å²) in [6, 6.07) is 7.34. The third kappa shape index (κ3) is 7.30. The van der Waals surface area contributed by atoms with E-state index in [0.29, 0.717) is 32.2 Å². The van der Waals surface area contributed by atoms with Crippen LogP contribution in [0.2, 0.25) is 0 Å². The minimum absolute atomic E-state index is 0.187. The van der Waals surface area contributed by atoms with E-state index in [9.17, 15) is 4.79 Å². The van der Waals surface area contributed by atoms with E-state index in [1.165, 1.54) is 6.34 Å². The molecule has 10 heteroatoms. The second kappa shape index (κ2) is 12.7. The Bertz CT molecular complexity index is 891. The van der Waals surface area contributed by atoms with Crippen LogP contribution in [0.15, 0.2) is 45.0 Å². The molecule has 1 saturated heterocycles. The number of hydrogen-bond acceptors (Lipinski definition) is 7. The molecule has 0 unspecified atom stereocenters. The van der Waals surface area contributed by atoms with Crippen molar-refractivity contribution in [2.45, 2.75) is 51.6 Å². The van der Waals surface area contributed by atoms with Gasteiger partial charge in [-0.1, -0.05) is 25.0 Å². The fourth-order valence-electron chi connectivity index (χ4n) is 3.40. The molecule has 1 aromatic heterocycles. The molecule has 0 atom stereocenters. The van der Waals surface area contributed by atoms with Gasteiger partial charge in [-0.3, -0.25) is 0 Å². The Hall–Kier alpha value is -3.01. The second-order valence-electron chi connectivity index (χ2n) is 7.52. The van der Waals surface area contributed by atoms with Crippen molar-refractivity contribution >= 4 is 29.5 Å². The van der Waals surface area contributed by atoms with Gasteiger partial charge in [0.15, 0.2) is 0 Å². The molecule has 9 nitrogen and oxygen atoms in total.